The Hall–Kier alpha value is -1.68. The predicted molar refractivity (Wildman–Crippen MR) is 65.7 cm³/mol. The lowest BCUT2D eigenvalue weighted by molar-refractivity contribution is 0.448. The largest absolute Gasteiger partial charge is 0.508 e. The van der Waals surface area contributed by atoms with E-state index in [4.69, 9.17) is 0 Å². The van der Waals surface area contributed by atoms with Crippen LogP contribution in [0.5, 0.6) is 11.5 Å². The fourth-order valence-electron chi connectivity index (χ4n) is 1.36. The van der Waals surface area contributed by atoms with Gasteiger partial charge in [-0.25, -0.2) is 4.39 Å². The lowest BCUT2D eigenvalue weighted by Crippen LogP contribution is -1.82. The van der Waals surface area contributed by atoms with E-state index in [1.54, 1.807) is 12.1 Å². The molecule has 0 amide bonds. The van der Waals surface area contributed by atoms with Gasteiger partial charge in [0.25, 0.3) is 0 Å². The zero-order valence-electron chi connectivity index (χ0n) is 8.93. The standard InChI is InChI=1S/C13H11FO2S/c14-10-3-1-9(2-4-10)8-17-13-7-11(15)5-6-12(13)16/h1-7,15-16H,8H2. The van der Waals surface area contributed by atoms with Gasteiger partial charge < -0.3 is 10.2 Å². The van der Waals surface area contributed by atoms with E-state index in [2.05, 4.69) is 0 Å². The maximum absolute atomic E-state index is 12.7. The Kier molecular flexibility index (Phi) is 3.54. The molecule has 0 radical (unpaired) electrons. The smallest absolute Gasteiger partial charge is 0.129 e. The third kappa shape index (κ3) is 3.14. The van der Waals surface area contributed by atoms with Crippen LogP contribution in [0.25, 0.3) is 0 Å². The highest BCUT2D eigenvalue weighted by Crippen LogP contribution is 2.33. The highest BCUT2D eigenvalue weighted by Gasteiger charge is 2.03. The van der Waals surface area contributed by atoms with Crippen LogP contribution in [0, 0.1) is 5.82 Å². The summed E-state index contributed by atoms with van der Waals surface area (Å²) in [6, 6.07) is 10.6. The number of phenols is 2. The molecule has 0 fully saturated rings. The summed E-state index contributed by atoms with van der Waals surface area (Å²) in [6.07, 6.45) is 0. The van der Waals surface area contributed by atoms with E-state index >= 15 is 0 Å². The first-order valence-electron chi connectivity index (χ1n) is 5.04. The third-order valence-electron chi connectivity index (χ3n) is 2.25. The van der Waals surface area contributed by atoms with Crippen LogP contribution in [-0.2, 0) is 5.75 Å². The van der Waals surface area contributed by atoms with Gasteiger partial charge in [0.05, 0.1) is 4.90 Å². The number of thioether (sulfide) groups is 1. The van der Waals surface area contributed by atoms with Crippen molar-refractivity contribution < 1.29 is 14.6 Å². The van der Waals surface area contributed by atoms with E-state index in [1.807, 2.05) is 0 Å². The van der Waals surface area contributed by atoms with E-state index in [-0.39, 0.29) is 17.3 Å². The van der Waals surface area contributed by atoms with Crippen LogP contribution >= 0.6 is 11.8 Å². The van der Waals surface area contributed by atoms with Crippen LogP contribution in [-0.4, -0.2) is 10.2 Å². The molecule has 0 aliphatic heterocycles. The molecule has 2 nitrogen and oxygen atoms in total. The molecule has 0 saturated heterocycles. The summed E-state index contributed by atoms with van der Waals surface area (Å²) >= 11 is 1.39. The molecule has 2 rings (SSSR count). The summed E-state index contributed by atoms with van der Waals surface area (Å²) < 4.78 is 12.7. The van der Waals surface area contributed by atoms with Crippen LogP contribution in [0.2, 0.25) is 0 Å². The summed E-state index contributed by atoms with van der Waals surface area (Å²) in [5.41, 5.74) is 0.958. The number of benzene rings is 2. The maximum atomic E-state index is 12.7. The molecule has 4 heteroatoms. The lowest BCUT2D eigenvalue weighted by Gasteiger charge is -2.05. The average molecular weight is 250 g/mol. The lowest BCUT2D eigenvalue weighted by atomic mass is 10.2. The van der Waals surface area contributed by atoms with E-state index < -0.39 is 0 Å². The molecular formula is C13H11FO2S. The van der Waals surface area contributed by atoms with E-state index in [0.29, 0.717) is 10.6 Å². The van der Waals surface area contributed by atoms with Crippen molar-refractivity contribution in [3.63, 3.8) is 0 Å². The molecule has 0 aliphatic rings. The zero-order valence-corrected chi connectivity index (χ0v) is 9.75. The molecule has 0 aromatic heterocycles. The third-order valence-corrected chi connectivity index (χ3v) is 3.37. The molecule has 0 unspecified atom stereocenters. The molecule has 88 valence electrons. The van der Waals surface area contributed by atoms with Crippen molar-refractivity contribution in [2.24, 2.45) is 0 Å². The van der Waals surface area contributed by atoms with Crippen LogP contribution < -0.4 is 0 Å². The molecule has 0 heterocycles. The fourth-order valence-corrected chi connectivity index (χ4v) is 2.29. The van der Waals surface area contributed by atoms with Gasteiger partial charge >= 0.3 is 0 Å². The first-order chi connectivity index (χ1) is 8.15. The average Bonchev–Trinajstić information content (AvgIpc) is 2.32. The van der Waals surface area contributed by atoms with Crippen molar-refractivity contribution in [3.05, 3.63) is 53.8 Å². The topological polar surface area (TPSA) is 40.5 Å². The van der Waals surface area contributed by atoms with Crippen LogP contribution in [0.3, 0.4) is 0 Å². The monoisotopic (exact) mass is 250 g/mol. The summed E-state index contributed by atoms with van der Waals surface area (Å²) in [6.45, 7) is 0. The quantitative estimate of drug-likeness (QED) is 0.646. The van der Waals surface area contributed by atoms with Gasteiger partial charge in [-0.3, -0.25) is 0 Å². The zero-order chi connectivity index (χ0) is 12.3. The van der Waals surface area contributed by atoms with Crippen LogP contribution in [0.4, 0.5) is 4.39 Å². The second-order valence-electron chi connectivity index (χ2n) is 3.57. The van der Waals surface area contributed by atoms with Gasteiger partial charge in [0.15, 0.2) is 0 Å². The second kappa shape index (κ2) is 5.10. The van der Waals surface area contributed by atoms with Gasteiger partial charge in [0, 0.05) is 5.75 Å². The van der Waals surface area contributed by atoms with Gasteiger partial charge in [-0.2, -0.15) is 0 Å². The molecule has 0 bridgehead atoms. The minimum atomic E-state index is -0.265. The number of aromatic hydroxyl groups is 2. The van der Waals surface area contributed by atoms with Crippen LogP contribution in [0.15, 0.2) is 47.4 Å². The van der Waals surface area contributed by atoms with E-state index in [1.165, 1.54) is 42.1 Å². The first kappa shape index (κ1) is 11.8. The molecule has 0 spiro atoms. The number of hydrogen-bond donors (Lipinski definition) is 2. The van der Waals surface area contributed by atoms with E-state index in [0.717, 1.165) is 5.56 Å². The van der Waals surface area contributed by atoms with Gasteiger partial charge in [-0.05, 0) is 35.9 Å². The highest BCUT2D eigenvalue weighted by atomic mass is 32.2. The number of halogens is 1. The van der Waals surface area contributed by atoms with Gasteiger partial charge in [-0.15, -0.1) is 11.8 Å². The Morgan fingerprint density at radius 3 is 2.41 bits per heavy atom. The van der Waals surface area contributed by atoms with Crippen molar-refractivity contribution in [1.29, 1.82) is 0 Å². The number of rotatable bonds is 3. The minimum absolute atomic E-state index is 0.115. The summed E-state index contributed by atoms with van der Waals surface area (Å²) in [5.74, 6) is 0.593. The van der Waals surface area contributed by atoms with Crippen LogP contribution in [0.1, 0.15) is 5.56 Å². The molecule has 2 aromatic carbocycles. The fraction of sp³-hybridized carbons (Fsp3) is 0.0769. The van der Waals surface area contributed by atoms with Crippen molar-refractivity contribution in [2.45, 2.75) is 10.6 Å². The Morgan fingerprint density at radius 1 is 1.00 bits per heavy atom. The van der Waals surface area contributed by atoms with Gasteiger partial charge in [-0.1, -0.05) is 12.1 Å². The molecule has 2 N–H and O–H groups in total. The Balaban J connectivity index is 2.07. The van der Waals surface area contributed by atoms with Crippen molar-refractivity contribution in [3.8, 4) is 11.5 Å². The Bertz CT molecular complexity index is 511. The van der Waals surface area contributed by atoms with E-state index in [9.17, 15) is 14.6 Å². The molecule has 0 saturated carbocycles. The van der Waals surface area contributed by atoms with Crippen molar-refractivity contribution in [2.75, 3.05) is 0 Å². The Labute approximate surface area is 103 Å². The summed E-state index contributed by atoms with van der Waals surface area (Å²) in [4.78, 5) is 0.606. The molecular weight excluding hydrogens is 239 g/mol. The SMILES string of the molecule is Oc1ccc(O)c(SCc2ccc(F)cc2)c1. The number of hydrogen-bond acceptors (Lipinski definition) is 3. The van der Waals surface area contributed by atoms with Gasteiger partial charge in [0.2, 0.25) is 0 Å². The molecule has 0 atom stereocenters. The highest BCUT2D eigenvalue weighted by molar-refractivity contribution is 7.98. The minimum Gasteiger partial charge on any atom is -0.508 e. The first-order valence-corrected chi connectivity index (χ1v) is 6.03. The summed E-state index contributed by atoms with van der Waals surface area (Å²) in [5, 5.41) is 18.9. The predicted octanol–water partition coefficient (Wildman–Crippen LogP) is 3.53. The van der Waals surface area contributed by atoms with Gasteiger partial charge in [0.1, 0.15) is 17.3 Å². The number of phenolic OH excluding ortho intramolecular Hbond substituents is 2. The molecule has 0 aliphatic carbocycles. The Morgan fingerprint density at radius 2 is 1.71 bits per heavy atom. The second-order valence-corrected chi connectivity index (χ2v) is 4.58. The van der Waals surface area contributed by atoms with Crippen molar-refractivity contribution in [1.82, 2.24) is 0 Å². The normalized spacial score (nSPS) is 10.4. The molecule has 17 heavy (non-hydrogen) atoms. The summed E-state index contributed by atoms with van der Waals surface area (Å²) in [7, 11) is 0. The maximum Gasteiger partial charge on any atom is 0.129 e. The van der Waals surface area contributed by atoms with Crippen molar-refractivity contribution >= 4 is 11.8 Å². The molecule has 2 aromatic rings.